The smallest absolute Gasteiger partial charge is 0.0270 e. The van der Waals surface area contributed by atoms with Gasteiger partial charge < -0.3 is 0 Å². The van der Waals surface area contributed by atoms with Crippen molar-refractivity contribution in [1.82, 2.24) is 4.98 Å². The Labute approximate surface area is 163 Å². The van der Waals surface area contributed by atoms with Crippen LogP contribution in [0.3, 0.4) is 0 Å². The van der Waals surface area contributed by atoms with Crippen molar-refractivity contribution in [1.29, 1.82) is 0 Å². The van der Waals surface area contributed by atoms with E-state index in [0.717, 1.165) is 12.3 Å². The van der Waals surface area contributed by atoms with E-state index in [2.05, 4.69) is 79.5 Å². The summed E-state index contributed by atoms with van der Waals surface area (Å²) in [6, 6.07) is 22.3. The largest absolute Gasteiger partial charge is 0.265 e. The highest BCUT2D eigenvalue weighted by molar-refractivity contribution is 5.47. The van der Waals surface area contributed by atoms with Crippen LogP contribution in [0.15, 0.2) is 73.1 Å². The maximum absolute atomic E-state index is 4.25. The lowest BCUT2D eigenvalue weighted by molar-refractivity contribution is 0.493. The lowest BCUT2D eigenvalue weighted by atomic mass is 9.76. The van der Waals surface area contributed by atoms with E-state index in [4.69, 9.17) is 0 Å². The van der Waals surface area contributed by atoms with Crippen molar-refractivity contribution in [2.45, 2.75) is 51.4 Å². The fourth-order valence-corrected chi connectivity index (χ4v) is 4.37. The molecule has 1 saturated carbocycles. The predicted molar refractivity (Wildman–Crippen MR) is 113 cm³/mol. The van der Waals surface area contributed by atoms with Crippen LogP contribution in [0.25, 0.3) is 0 Å². The van der Waals surface area contributed by atoms with Gasteiger partial charge in [0.25, 0.3) is 0 Å². The van der Waals surface area contributed by atoms with Gasteiger partial charge in [0.15, 0.2) is 0 Å². The molecule has 1 aliphatic carbocycles. The molecule has 0 amide bonds. The monoisotopic (exact) mass is 355 g/mol. The van der Waals surface area contributed by atoms with Gasteiger partial charge in [-0.25, -0.2) is 0 Å². The standard InChI is InChI=1S/C26H29N/c1-3-19(2)25(22-14-16-27-17-15-22)24-11-7-10-23(26(24)21-12-13-21)18-20-8-5-4-6-9-20/h4-11,14-17,19,21,25H,3,12-13,18H2,1-2H3. The molecule has 0 radical (unpaired) electrons. The molecule has 1 nitrogen and oxygen atoms in total. The first-order chi connectivity index (χ1) is 13.3. The Balaban J connectivity index is 1.80. The third kappa shape index (κ3) is 3.98. The Hall–Kier alpha value is -2.41. The highest BCUT2D eigenvalue weighted by Crippen LogP contribution is 2.48. The van der Waals surface area contributed by atoms with Gasteiger partial charge in [-0.05, 0) is 71.0 Å². The summed E-state index contributed by atoms with van der Waals surface area (Å²) in [6.45, 7) is 4.70. The van der Waals surface area contributed by atoms with E-state index in [-0.39, 0.29) is 0 Å². The second-order valence-corrected chi connectivity index (χ2v) is 8.00. The van der Waals surface area contributed by atoms with E-state index in [9.17, 15) is 0 Å². The topological polar surface area (TPSA) is 12.9 Å². The molecular weight excluding hydrogens is 326 g/mol. The Morgan fingerprint density at radius 1 is 0.926 bits per heavy atom. The summed E-state index contributed by atoms with van der Waals surface area (Å²) >= 11 is 0. The zero-order valence-electron chi connectivity index (χ0n) is 16.4. The number of hydrogen-bond donors (Lipinski definition) is 0. The zero-order chi connectivity index (χ0) is 18.6. The predicted octanol–water partition coefficient (Wildman–Crippen LogP) is 6.73. The minimum atomic E-state index is 0.448. The van der Waals surface area contributed by atoms with Crippen molar-refractivity contribution in [2.75, 3.05) is 0 Å². The van der Waals surface area contributed by atoms with Gasteiger partial charge in [-0.2, -0.15) is 0 Å². The summed E-state index contributed by atoms with van der Waals surface area (Å²) in [7, 11) is 0. The minimum Gasteiger partial charge on any atom is -0.265 e. The molecule has 1 heteroatoms. The van der Waals surface area contributed by atoms with Crippen LogP contribution in [0.4, 0.5) is 0 Å². The summed E-state index contributed by atoms with van der Waals surface area (Å²) in [5, 5.41) is 0. The highest BCUT2D eigenvalue weighted by atomic mass is 14.6. The van der Waals surface area contributed by atoms with Gasteiger partial charge in [0.05, 0.1) is 0 Å². The van der Waals surface area contributed by atoms with Crippen molar-refractivity contribution >= 4 is 0 Å². The maximum atomic E-state index is 4.25. The molecule has 0 bridgehead atoms. The van der Waals surface area contributed by atoms with Gasteiger partial charge in [0.2, 0.25) is 0 Å². The van der Waals surface area contributed by atoms with Gasteiger partial charge in [-0.15, -0.1) is 0 Å². The lowest BCUT2D eigenvalue weighted by Crippen LogP contribution is -2.14. The fraction of sp³-hybridized carbons (Fsp3) is 0.346. The summed E-state index contributed by atoms with van der Waals surface area (Å²) in [5.74, 6) is 1.80. The van der Waals surface area contributed by atoms with E-state index in [1.807, 2.05) is 12.4 Å². The first kappa shape index (κ1) is 18.0. The molecule has 3 aromatic rings. The third-order valence-corrected chi connectivity index (χ3v) is 6.07. The van der Waals surface area contributed by atoms with Crippen molar-refractivity contribution < 1.29 is 0 Å². The molecule has 0 saturated heterocycles. The minimum absolute atomic E-state index is 0.448. The first-order valence-electron chi connectivity index (χ1n) is 10.3. The molecule has 2 unspecified atom stereocenters. The van der Waals surface area contributed by atoms with Gasteiger partial charge >= 0.3 is 0 Å². The summed E-state index contributed by atoms with van der Waals surface area (Å²) in [4.78, 5) is 4.25. The lowest BCUT2D eigenvalue weighted by Gasteiger charge is -2.28. The molecule has 27 heavy (non-hydrogen) atoms. The normalized spacial score (nSPS) is 16.1. The molecule has 1 fully saturated rings. The van der Waals surface area contributed by atoms with E-state index in [0.29, 0.717) is 11.8 Å². The second kappa shape index (κ2) is 8.08. The van der Waals surface area contributed by atoms with Crippen molar-refractivity contribution in [2.24, 2.45) is 5.92 Å². The van der Waals surface area contributed by atoms with Crippen LogP contribution in [0.5, 0.6) is 0 Å². The molecule has 0 spiro atoms. The SMILES string of the molecule is CCC(C)C(c1ccncc1)c1cccc(Cc2ccccc2)c1C1CC1. The first-order valence-corrected chi connectivity index (χ1v) is 10.3. The van der Waals surface area contributed by atoms with E-state index in [1.165, 1.54) is 36.0 Å². The van der Waals surface area contributed by atoms with Gasteiger partial charge in [-0.3, -0.25) is 4.98 Å². The van der Waals surface area contributed by atoms with Crippen molar-refractivity contribution in [3.8, 4) is 0 Å². The quantitative estimate of drug-likeness (QED) is 0.458. The van der Waals surface area contributed by atoms with Crippen LogP contribution in [0.1, 0.15) is 72.8 Å². The number of aromatic nitrogens is 1. The summed E-state index contributed by atoms with van der Waals surface area (Å²) in [6.07, 6.45) is 8.76. The van der Waals surface area contributed by atoms with Crippen LogP contribution < -0.4 is 0 Å². The van der Waals surface area contributed by atoms with E-state index in [1.54, 1.807) is 11.1 Å². The molecule has 1 aliphatic rings. The van der Waals surface area contributed by atoms with E-state index >= 15 is 0 Å². The number of hydrogen-bond acceptors (Lipinski definition) is 1. The molecular formula is C26H29N. The van der Waals surface area contributed by atoms with E-state index < -0.39 is 0 Å². The molecule has 4 rings (SSSR count). The van der Waals surface area contributed by atoms with Crippen LogP contribution in [0, 0.1) is 5.92 Å². The van der Waals surface area contributed by atoms with Crippen molar-refractivity contribution in [3.05, 3.63) is 101 Å². The van der Waals surface area contributed by atoms with Crippen molar-refractivity contribution in [3.63, 3.8) is 0 Å². The second-order valence-electron chi connectivity index (χ2n) is 8.00. The Kier molecular flexibility index (Phi) is 5.38. The fourth-order valence-electron chi connectivity index (χ4n) is 4.37. The Bertz CT molecular complexity index is 865. The molecule has 2 aromatic carbocycles. The molecule has 1 heterocycles. The molecule has 0 aliphatic heterocycles. The molecule has 1 aromatic heterocycles. The van der Waals surface area contributed by atoms with Gasteiger partial charge in [0.1, 0.15) is 0 Å². The van der Waals surface area contributed by atoms with Crippen LogP contribution >= 0.6 is 0 Å². The molecule has 138 valence electrons. The summed E-state index contributed by atoms with van der Waals surface area (Å²) in [5.41, 5.74) is 7.50. The zero-order valence-corrected chi connectivity index (χ0v) is 16.4. The number of benzene rings is 2. The average molecular weight is 356 g/mol. The maximum Gasteiger partial charge on any atom is 0.0270 e. The highest BCUT2D eigenvalue weighted by Gasteiger charge is 2.32. The number of nitrogens with zero attached hydrogens (tertiary/aromatic N) is 1. The Morgan fingerprint density at radius 2 is 1.67 bits per heavy atom. The molecule has 0 N–H and O–H groups in total. The number of pyridine rings is 1. The van der Waals surface area contributed by atoms with Gasteiger partial charge in [0, 0.05) is 18.3 Å². The van der Waals surface area contributed by atoms with Gasteiger partial charge in [-0.1, -0.05) is 68.8 Å². The Morgan fingerprint density at radius 3 is 2.33 bits per heavy atom. The van der Waals surface area contributed by atoms with Crippen LogP contribution in [0.2, 0.25) is 0 Å². The molecule has 2 atom stereocenters. The van der Waals surface area contributed by atoms with Crippen LogP contribution in [-0.4, -0.2) is 4.98 Å². The summed E-state index contributed by atoms with van der Waals surface area (Å²) < 4.78 is 0. The van der Waals surface area contributed by atoms with Crippen LogP contribution in [-0.2, 0) is 6.42 Å². The third-order valence-electron chi connectivity index (χ3n) is 6.07. The number of rotatable bonds is 7. The average Bonchev–Trinajstić information content (AvgIpc) is 3.55.